The highest BCUT2D eigenvalue weighted by Gasteiger charge is 2.12. The molecule has 0 fully saturated rings. The fourth-order valence-corrected chi connectivity index (χ4v) is 1.56. The third kappa shape index (κ3) is 1.74. The largest absolute Gasteiger partial charge is 0.293 e. The molecule has 0 N–H and O–H groups in total. The van der Waals surface area contributed by atoms with Gasteiger partial charge in [-0.25, -0.2) is 4.39 Å². The number of halogens is 1. The van der Waals surface area contributed by atoms with Gasteiger partial charge in [-0.2, -0.15) is 5.10 Å². The van der Waals surface area contributed by atoms with E-state index < -0.39 is 0 Å². The molecule has 1 aromatic heterocycles. The first-order valence-corrected chi connectivity index (χ1v) is 4.89. The topological polar surface area (TPSA) is 34.9 Å². The maximum absolute atomic E-state index is 13.5. The smallest absolute Gasteiger partial charge is 0.180 e. The van der Waals surface area contributed by atoms with E-state index in [2.05, 4.69) is 5.10 Å². The molecule has 0 radical (unpaired) electrons. The number of rotatable bonds is 2. The average Bonchev–Trinajstić information content (AvgIpc) is 2.61. The minimum Gasteiger partial charge on any atom is -0.293 e. The zero-order chi connectivity index (χ0) is 11.7. The highest BCUT2D eigenvalue weighted by molar-refractivity contribution is 5.93. The Morgan fingerprint density at radius 1 is 1.38 bits per heavy atom. The van der Waals surface area contributed by atoms with Crippen LogP contribution in [0.4, 0.5) is 4.39 Å². The number of aromatic nitrogens is 2. The molecule has 0 aliphatic rings. The first-order chi connectivity index (χ1) is 7.59. The van der Waals surface area contributed by atoms with Crippen LogP contribution in [0.25, 0.3) is 11.3 Å². The summed E-state index contributed by atoms with van der Waals surface area (Å²) in [5.41, 5.74) is 1.40. The lowest BCUT2D eigenvalue weighted by Gasteiger charge is -2.02. The summed E-state index contributed by atoms with van der Waals surface area (Å²) in [6, 6.07) is 8.02. The molecule has 4 heteroatoms. The summed E-state index contributed by atoms with van der Waals surface area (Å²) in [5, 5.41) is 4.03. The second kappa shape index (κ2) is 3.89. The summed E-state index contributed by atoms with van der Waals surface area (Å²) in [5.74, 6) is -0.446. The van der Waals surface area contributed by atoms with E-state index in [4.69, 9.17) is 0 Å². The summed E-state index contributed by atoms with van der Waals surface area (Å²) in [4.78, 5) is 11.2. The third-order valence-electron chi connectivity index (χ3n) is 2.39. The molecule has 16 heavy (non-hydrogen) atoms. The van der Waals surface area contributed by atoms with Gasteiger partial charge in [0.2, 0.25) is 0 Å². The molecule has 2 rings (SSSR count). The van der Waals surface area contributed by atoms with Gasteiger partial charge in [0, 0.05) is 19.5 Å². The maximum Gasteiger partial charge on any atom is 0.180 e. The van der Waals surface area contributed by atoms with Gasteiger partial charge in [-0.15, -0.1) is 0 Å². The van der Waals surface area contributed by atoms with Crippen LogP contribution in [0.1, 0.15) is 17.4 Å². The first-order valence-electron chi connectivity index (χ1n) is 4.89. The molecule has 0 amide bonds. The van der Waals surface area contributed by atoms with Crippen LogP contribution in [0, 0.1) is 5.82 Å². The molecule has 0 saturated carbocycles. The third-order valence-corrected chi connectivity index (χ3v) is 2.39. The average molecular weight is 218 g/mol. The van der Waals surface area contributed by atoms with Gasteiger partial charge in [0.1, 0.15) is 11.5 Å². The standard InChI is InChI=1S/C12H11FN2O/c1-8(16)11-7-12(15(2)14-11)9-5-3-4-6-10(9)13/h3-7H,1-2H3. The van der Waals surface area contributed by atoms with Crippen LogP contribution in [0.2, 0.25) is 0 Å². The van der Waals surface area contributed by atoms with Gasteiger partial charge in [-0.1, -0.05) is 12.1 Å². The van der Waals surface area contributed by atoms with Gasteiger partial charge in [0.05, 0.1) is 5.69 Å². The van der Waals surface area contributed by atoms with Crippen LogP contribution in [-0.2, 0) is 7.05 Å². The minimum absolute atomic E-state index is 0.127. The van der Waals surface area contributed by atoms with Gasteiger partial charge in [-0.05, 0) is 18.2 Å². The second-order valence-electron chi connectivity index (χ2n) is 3.57. The zero-order valence-corrected chi connectivity index (χ0v) is 9.07. The van der Waals surface area contributed by atoms with E-state index in [1.54, 1.807) is 31.3 Å². The van der Waals surface area contributed by atoms with Crippen molar-refractivity contribution < 1.29 is 9.18 Å². The van der Waals surface area contributed by atoms with E-state index in [0.717, 1.165) is 0 Å². The van der Waals surface area contributed by atoms with Gasteiger partial charge >= 0.3 is 0 Å². The Balaban J connectivity index is 2.57. The maximum atomic E-state index is 13.5. The SMILES string of the molecule is CC(=O)c1cc(-c2ccccc2F)n(C)n1. The Labute approximate surface area is 92.5 Å². The quantitative estimate of drug-likeness (QED) is 0.725. The van der Waals surface area contributed by atoms with E-state index in [1.807, 2.05) is 0 Å². The van der Waals surface area contributed by atoms with Crippen molar-refractivity contribution >= 4 is 5.78 Å². The fourth-order valence-electron chi connectivity index (χ4n) is 1.56. The molecule has 0 saturated heterocycles. The molecule has 2 aromatic rings. The Morgan fingerprint density at radius 3 is 2.62 bits per heavy atom. The molecule has 0 aliphatic carbocycles. The number of ketones is 1. The predicted octanol–water partition coefficient (Wildman–Crippen LogP) is 2.43. The number of aryl methyl sites for hydroxylation is 1. The number of hydrogen-bond donors (Lipinski definition) is 0. The van der Waals surface area contributed by atoms with E-state index in [0.29, 0.717) is 17.0 Å². The molecule has 0 spiro atoms. The summed E-state index contributed by atoms with van der Waals surface area (Å²) in [7, 11) is 1.69. The van der Waals surface area contributed by atoms with Crippen molar-refractivity contribution in [3.05, 3.63) is 41.8 Å². The highest BCUT2D eigenvalue weighted by Crippen LogP contribution is 2.22. The van der Waals surface area contributed by atoms with Crippen LogP contribution < -0.4 is 0 Å². The van der Waals surface area contributed by atoms with E-state index in [9.17, 15) is 9.18 Å². The van der Waals surface area contributed by atoms with Crippen LogP contribution in [0.5, 0.6) is 0 Å². The number of carbonyl (C=O) groups excluding carboxylic acids is 1. The van der Waals surface area contributed by atoms with Crippen molar-refractivity contribution in [3.63, 3.8) is 0 Å². The van der Waals surface area contributed by atoms with Crippen molar-refractivity contribution in [2.24, 2.45) is 7.05 Å². The first kappa shape index (κ1) is 10.5. The number of carbonyl (C=O) groups is 1. The molecular weight excluding hydrogens is 207 g/mol. The molecule has 0 bridgehead atoms. The van der Waals surface area contributed by atoms with Crippen LogP contribution in [0.15, 0.2) is 30.3 Å². The van der Waals surface area contributed by atoms with E-state index in [1.165, 1.54) is 17.7 Å². The van der Waals surface area contributed by atoms with Crippen molar-refractivity contribution in [1.82, 2.24) is 9.78 Å². The number of benzene rings is 1. The molecule has 0 atom stereocenters. The highest BCUT2D eigenvalue weighted by atomic mass is 19.1. The lowest BCUT2D eigenvalue weighted by Crippen LogP contribution is -1.97. The van der Waals surface area contributed by atoms with Crippen LogP contribution in [0.3, 0.4) is 0 Å². The normalized spacial score (nSPS) is 10.4. The number of hydrogen-bond acceptors (Lipinski definition) is 2. The van der Waals surface area contributed by atoms with Crippen LogP contribution in [-0.4, -0.2) is 15.6 Å². The summed E-state index contributed by atoms with van der Waals surface area (Å²) in [6.45, 7) is 1.44. The molecule has 82 valence electrons. The lowest BCUT2D eigenvalue weighted by molar-refractivity contribution is 0.101. The zero-order valence-electron chi connectivity index (χ0n) is 9.07. The molecule has 0 aliphatic heterocycles. The van der Waals surface area contributed by atoms with Crippen LogP contribution >= 0.6 is 0 Å². The van der Waals surface area contributed by atoms with Crippen molar-refractivity contribution in [3.8, 4) is 11.3 Å². The number of nitrogens with zero attached hydrogens (tertiary/aromatic N) is 2. The molecule has 0 unspecified atom stereocenters. The Kier molecular flexibility index (Phi) is 2.56. The van der Waals surface area contributed by atoms with Gasteiger partial charge in [0.15, 0.2) is 5.78 Å². The van der Waals surface area contributed by atoms with Crippen molar-refractivity contribution in [2.45, 2.75) is 6.92 Å². The summed E-state index contributed by atoms with van der Waals surface area (Å²) < 4.78 is 15.0. The van der Waals surface area contributed by atoms with Gasteiger partial charge in [-0.3, -0.25) is 9.48 Å². The van der Waals surface area contributed by atoms with Gasteiger partial charge in [0.25, 0.3) is 0 Å². The second-order valence-corrected chi connectivity index (χ2v) is 3.57. The van der Waals surface area contributed by atoms with Gasteiger partial charge < -0.3 is 0 Å². The summed E-state index contributed by atoms with van der Waals surface area (Å²) >= 11 is 0. The molecule has 1 aromatic carbocycles. The Hall–Kier alpha value is -1.97. The monoisotopic (exact) mass is 218 g/mol. The lowest BCUT2D eigenvalue weighted by atomic mass is 10.1. The molecule has 1 heterocycles. The molecular formula is C12H11FN2O. The number of Topliss-reactive ketones (excluding diaryl/α,β-unsaturated/α-hetero) is 1. The van der Waals surface area contributed by atoms with Crippen molar-refractivity contribution in [2.75, 3.05) is 0 Å². The Bertz CT molecular complexity index is 546. The Morgan fingerprint density at radius 2 is 2.06 bits per heavy atom. The van der Waals surface area contributed by atoms with E-state index in [-0.39, 0.29) is 11.6 Å². The molecule has 3 nitrogen and oxygen atoms in total. The predicted molar refractivity (Wildman–Crippen MR) is 58.6 cm³/mol. The minimum atomic E-state index is -0.319. The van der Waals surface area contributed by atoms with Crippen molar-refractivity contribution in [1.29, 1.82) is 0 Å². The van der Waals surface area contributed by atoms with E-state index >= 15 is 0 Å². The fraction of sp³-hybridized carbons (Fsp3) is 0.167. The summed E-state index contributed by atoms with van der Waals surface area (Å²) in [6.07, 6.45) is 0.